The minimum absolute atomic E-state index is 0.692. The molecule has 1 aromatic carbocycles. The van der Waals surface area contributed by atoms with E-state index in [0.29, 0.717) is 6.04 Å². The van der Waals surface area contributed by atoms with Gasteiger partial charge in [0.15, 0.2) is 0 Å². The first-order valence-electron chi connectivity index (χ1n) is 7.16. The van der Waals surface area contributed by atoms with Crippen molar-refractivity contribution in [3.05, 3.63) is 29.3 Å². The number of ether oxygens (including phenoxy) is 1. The SMILES string of the molecule is COc1ccc(C)cc1CNC1CCCCCC1. The highest BCUT2D eigenvalue weighted by Gasteiger charge is 2.12. The Bertz CT molecular complexity index is 367. The van der Waals surface area contributed by atoms with Gasteiger partial charge in [-0.25, -0.2) is 0 Å². The standard InChI is InChI=1S/C16H25NO/c1-13-9-10-16(18-2)14(11-13)12-17-15-7-5-3-4-6-8-15/h9-11,15,17H,3-8,12H2,1-2H3. The molecular formula is C16H25NO. The van der Waals surface area contributed by atoms with E-state index >= 15 is 0 Å². The third kappa shape index (κ3) is 3.74. The number of methoxy groups -OCH3 is 1. The lowest BCUT2D eigenvalue weighted by molar-refractivity contribution is 0.401. The Morgan fingerprint density at radius 3 is 2.56 bits per heavy atom. The summed E-state index contributed by atoms with van der Waals surface area (Å²) < 4.78 is 5.42. The molecule has 0 saturated heterocycles. The average Bonchev–Trinajstić information content (AvgIpc) is 2.65. The minimum Gasteiger partial charge on any atom is -0.496 e. The topological polar surface area (TPSA) is 21.3 Å². The molecule has 100 valence electrons. The van der Waals surface area contributed by atoms with Gasteiger partial charge in [-0.2, -0.15) is 0 Å². The summed E-state index contributed by atoms with van der Waals surface area (Å²) in [5.41, 5.74) is 2.58. The van der Waals surface area contributed by atoms with Crippen LogP contribution in [0.1, 0.15) is 49.7 Å². The second-order valence-corrected chi connectivity index (χ2v) is 5.38. The highest BCUT2D eigenvalue weighted by Crippen LogP contribution is 2.21. The zero-order chi connectivity index (χ0) is 12.8. The molecule has 0 aliphatic heterocycles. The molecule has 0 aromatic heterocycles. The predicted molar refractivity (Wildman–Crippen MR) is 76.1 cm³/mol. The lowest BCUT2D eigenvalue weighted by Crippen LogP contribution is -2.28. The Morgan fingerprint density at radius 1 is 1.17 bits per heavy atom. The van der Waals surface area contributed by atoms with E-state index in [1.165, 1.54) is 49.7 Å². The van der Waals surface area contributed by atoms with Crippen LogP contribution in [0.3, 0.4) is 0 Å². The minimum atomic E-state index is 0.692. The van der Waals surface area contributed by atoms with Crippen molar-refractivity contribution in [3.63, 3.8) is 0 Å². The number of rotatable bonds is 4. The van der Waals surface area contributed by atoms with E-state index in [1.54, 1.807) is 7.11 Å². The average molecular weight is 247 g/mol. The molecule has 1 N–H and O–H groups in total. The summed E-state index contributed by atoms with van der Waals surface area (Å²) in [7, 11) is 1.75. The van der Waals surface area contributed by atoms with Crippen LogP contribution >= 0.6 is 0 Å². The van der Waals surface area contributed by atoms with Crippen LogP contribution in [0.5, 0.6) is 5.75 Å². The third-order valence-electron chi connectivity index (χ3n) is 3.87. The van der Waals surface area contributed by atoms with Crippen LogP contribution in [0, 0.1) is 6.92 Å². The van der Waals surface area contributed by atoms with Crippen molar-refractivity contribution in [1.29, 1.82) is 0 Å². The Hall–Kier alpha value is -1.02. The maximum Gasteiger partial charge on any atom is 0.123 e. The van der Waals surface area contributed by atoms with Crippen LogP contribution in [-0.4, -0.2) is 13.2 Å². The summed E-state index contributed by atoms with van der Waals surface area (Å²) in [6.45, 7) is 3.06. The van der Waals surface area contributed by atoms with Crippen molar-refractivity contribution < 1.29 is 4.74 Å². The van der Waals surface area contributed by atoms with Crippen LogP contribution < -0.4 is 10.1 Å². The van der Waals surface area contributed by atoms with E-state index in [1.807, 2.05) is 0 Å². The summed E-state index contributed by atoms with van der Waals surface area (Å²) >= 11 is 0. The predicted octanol–water partition coefficient (Wildman–Crippen LogP) is 3.82. The second kappa shape index (κ2) is 6.79. The fourth-order valence-corrected chi connectivity index (χ4v) is 2.78. The second-order valence-electron chi connectivity index (χ2n) is 5.38. The van der Waals surface area contributed by atoms with Crippen molar-refractivity contribution in [1.82, 2.24) is 5.32 Å². The molecule has 18 heavy (non-hydrogen) atoms. The van der Waals surface area contributed by atoms with Crippen LogP contribution in [0.2, 0.25) is 0 Å². The summed E-state index contributed by atoms with van der Waals surface area (Å²) in [6.07, 6.45) is 8.23. The van der Waals surface area contributed by atoms with Gasteiger partial charge in [-0.3, -0.25) is 0 Å². The molecule has 0 bridgehead atoms. The van der Waals surface area contributed by atoms with Crippen molar-refractivity contribution in [2.24, 2.45) is 0 Å². The molecular weight excluding hydrogens is 222 g/mol. The van der Waals surface area contributed by atoms with E-state index in [0.717, 1.165) is 12.3 Å². The largest absolute Gasteiger partial charge is 0.496 e. The van der Waals surface area contributed by atoms with E-state index in [4.69, 9.17) is 4.74 Å². The van der Waals surface area contributed by atoms with Crippen LogP contribution in [-0.2, 0) is 6.54 Å². The molecule has 2 nitrogen and oxygen atoms in total. The molecule has 0 heterocycles. The Balaban J connectivity index is 1.94. The zero-order valence-corrected chi connectivity index (χ0v) is 11.7. The molecule has 0 atom stereocenters. The fourth-order valence-electron chi connectivity index (χ4n) is 2.78. The summed E-state index contributed by atoms with van der Waals surface area (Å²) in [6, 6.07) is 7.09. The van der Waals surface area contributed by atoms with E-state index in [2.05, 4.69) is 30.4 Å². The number of nitrogens with one attached hydrogen (secondary N) is 1. The number of hydrogen-bond acceptors (Lipinski definition) is 2. The van der Waals surface area contributed by atoms with Crippen LogP contribution in [0.4, 0.5) is 0 Å². The highest BCUT2D eigenvalue weighted by molar-refractivity contribution is 5.36. The lowest BCUT2D eigenvalue weighted by atomic mass is 10.1. The van der Waals surface area contributed by atoms with Gasteiger partial charge in [0, 0.05) is 18.2 Å². The van der Waals surface area contributed by atoms with Crippen molar-refractivity contribution in [2.75, 3.05) is 7.11 Å². The van der Waals surface area contributed by atoms with Crippen molar-refractivity contribution >= 4 is 0 Å². The summed E-state index contributed by atoms with van der Waals surface area (Å²) in [5.74, 6) is 1.00. The molecule has 1 aromatic rings. The summed E-state index contributed by atoms with van der Waals surface area (Å²) in [4.78, 5) is 0. The van der Waals surface area contributed by atoms with Gasteiger partial charge in [-0.15, -0.1) is 0 Å². The number of benzene rings is 1. The molecule has 0 unspecified atom stereocenters. The summed E-state index contributed by atoms with van der Waals surface area (Å²) in [5, 5.41) is 3.70. The molecule has 1 aliphatic carbocycles. The third-order valence-corrected chi connectivity index (χ3v) is 3.87. The van der Waals surface area contributed by atoms with Gasteiger partial charge in [0.1, 0.15) is 5.75 Å². The van der Waals surface area contributed by atoms with E-state index < -0.39 is 0 Å². The van der Waals surface area contributed by atoms with Gasteiger partial charge < -0.3 is 10.1 Å². The number of hydrogen-bond donors (Lipinski definition) is 1. The van der Waals surface area contributed by atoms with E-state index in [9.17, 15) is 0 Å². The fraction of sp³-hybridized carbons (Fsp3) is 0.625. The maximum atomic E-state index is 5.42. The smallest absolute Gasteiger partial charge is 0.123 e. The molecule has 1 saturated carbocycles. The quantitative estimate of drug-likeness (QED) is 0.817. The monoisotopic (exact) mass is 247 g/mol. The molecule has 0 radical (unpaired) electrons. The van der Waals surface area contributed by atoms with Gasteiger partial charge in [0.2, 0.25) is 0 Å². The Labute approximate surface area is 111 Å². The zero-order valence-electron chi connectivity index (χ0n) is 11.7. The number of aryl methyl sites for hydroxylation is 1. The first-order chi connectivity index (χ1) is 8.79. The van der Waals surface area contributed by atoms with Gasteiger partial charge in [-0.1, -0.05) is 43.4 Å². The molecule has 2 rings (SSSR count). The lowest BCUT2D eigenvalue weighted by Gasteiger charge is -2.17. The van der Waals surface area contributed by atoms with Gasteiger partial charge in [0.05, 0.1) is 7.11 Å². The van der Waals surface area contributed by atoms with Gasteiger partial charge in [-0.05, 0) is 25.8 Å². The van der Waals surface area contributed by atoms with Gasteiger partial charge >= 0.3 is 0 Å². The van der Waals surface area contributed by atoms with E-state index in [-0.39, 0.29) is 0 Å². The molecule has 0 spiro atoms. The molecule has 0 amide bonds. The highest BCUT2D eigenvalue weighted by atomic mass is 16.5. The first kappa shape index (κ1) is 13.4. The first-order valence-corrected chi connectivity index (χ1v) is 7.16. The molecule has 1 fully saturated rings. The van der Waals surface area contributed by atoms with Gasteiger partial charge in [0.25, 0.3) is 0 Å². The normalized spacial score (nSPS) is 17.4. The Morgan fingerprint density at radius 2 is 1.89 bits per heavy atom. The maximum absolute atomic E-state index is 5.42. The van der Waals surface area contributed by atoms with Crippen molar-refractivity contribution in [2.45, 2.75) is 58.0 Å². The Kier molecular flexibility index (Phi) is 5.06. The molecule has 1 aliphatic rings. The molecule has 2 heteroatoms. The van der Waals surface area contributed by atoms with Crippen LogP contribution in [0.25, 0.3) is 0 Å². The van der Waals surface area contributed by atoms with Crippen LogP contribution in [0.15, 0.2) is 18.2 Å². The van der Waals surface area contributed by atoms with Crippen molar-refractivity contribution in [3.8, 4) is 5.75 Å².